The van der Waals surface area contributed by atoms with Crippen molar-refractivity contribution in [2.45, 2.75) is 32.6 Å². The Balaban J connectivity index is 1.95. The molecule has 68 valence electrons. The summed E-state index contributed by atoms with van der Waals surface area (Å²) in [5, 5.41) is 3.28. The number of nitrogens with zero attached hydrogens (tertiary/aromatic N) is 1. The van der Waals surface area contributed by atoms with Crippen molar-refractivity contribution in [1.82, 2.24) is 5.32 Å². The van der Waals surface area contributed by atoms with Gasteiger partial charge >= 0.3 is 0 Å². The smallest absolute Gasteiger partial charge is 0.0964 e. The van der Waals surface area contributed by atoms with E-state index in [-0.39, 0.29) is 0 Å². The van der Waals surface area contributed by atoms with E-state index in [0.29, 0.717) is 0 Å². The molecule has 0 spiro atoms. The average Bonchev–Trinajstić information content (AvgIpc) is 2.57. The molecule has 2 nitrogen and oxygen atoms in total. The minimum absolute atomic E-state index is 0.976. The fraction of sp³-hybridized carbons (Fsp3) is 0.700. The lowest BCUT2D eigenvalue weighted by Crippen LogP contribution is -2.17. The van der Waals surface area contributed by atoms with Crippen molar-refractivity contribution in [3.05, 3.63) is 12.2 Å². The summed E-state index contributed by atoms with van der Waals surface area (Å²) in [6, 6.07) is 0. The quantitative estimate of drug-likeness (QED) is 0.491. The molecule has 0 atom stereocenters. The minimum atomic E-state index is 0.976. The van der Waals surface area contributed by atoms with Gasteiger partial charge in [0.05, 0.1) is 12.4 Å². The van der Waals surface area contributed by atoms with E-state index in [1.54, 1.807) is 0 Å². The van der Waals surface area contributed by atoms with E-state index in [4.69, 9.17) is 0 Å². The Morgan fingerprint density at radius 1 is 1.50 bits per heavy atom. The Kier molecular flexibility index (Phi) is 4.50. The van der Waals surface area contributed by atoms with Crippen LogP contribution in [0.5, 0.6) is 0 Å². The second kappa shape index (κ2) is 5.81. The van der Waals surface area contributed by atoms with Crippen LogP contribution in [-0.2, 0) is 0 Å². The zero-order valence-corrected chi connectivity index (χ0v) is 7.84. The van der Waals surface area contributed by atoms with Gasteiger partial charge in [-0.3, -0.25) is 4.99 Å². The lowest BCUT2D eigenvalue weighted by atomic mass is 10.2. The Morgan fingerprint density at radius 2 is 2.42 bits per heavy atom. The summed E-state index contributed by atoms with van der Waals surface area (Å²) in [5.74, 6) is 1.22. The lowest BCUT2D eigenvalue weighted by molar-refractivity contribution is 0.768. The van der Waals surface area contributed by atoms with Crippen LogP contribution in [-0.4, -0.2) is 18.9 Å². The van der Waals surface area contributed by atoms with Crippen LogP contribution in [0.4, 0.5) is 0 Å². The molecule has 0 aliphatic carbocycles. The van der Waals surface area contributed by atoms with Crippen LogP contribution in [0, 0.1) is 0 Å². The molecule has 0 fully saturated rings. The van der Waals surface area contributed by atoms with Crippen LogP contribution in [0.2, 0.25) is 0 Å². The van der Waals surface area contributed by atoms with Gasteiger partial charge in [-0.15, -0.1) is 0 Å². The lowest BCUT2D eigenvalue weighted by Gasteiger charge is -1.99. The third-order valence-corrected chi connectivity index (χ3v) is 2.01. The van der Waals surface area contributed by atoms with Crippen LogP contribution in [0.3, 0.4) is 0 Å². The van der Waals surface area contributed by atoms with Crippen LogP contribution < -0.4 is 5.32 Å². The molecule has 0 amide bonds. The van der Waals surface area contributed by atoms with E-state index in [0.717, 1.165) is 19.5 Å². The number of unbranched alkanes of at least 4 members (excludes halogenated alkanes) is 2. The van der Waals surface area contributed by atoms with Crippen LogP contribution >= 0.6 is 0 Å². The molecule has 1 rings (SSSR count). The molecule has 1 heterocycles. The molecule has 0 aromatic rings. The first kappa shape index (κ1) is 9.30. The van der Waals surface area contributed by atoms with Crippen molar-refractivity contribution < 1.29 is 0 Å². The van der Waals surface area contributed by atoms with Gasteiger partial charge in [-0.05, 0) is 26.2 Å². The molecule has 1 aliphatic rings. The number of hydrogen-bond acceptors (Lipinski definition) is 2. The number of amidine groups is 1. The van der Waals surface area contributed by atoms with Gasteiger partial charge < -0.3 is 5.32 Å². The second-order valence-corrected chi connectivity index (χ2v) is 3.07. The average molecular weight is 166 g/mol. The first-order chi connectivity index (χ1) is 5.93. The molecule has 2 heteroatoms. The molecule has 1 aliphatic heterocycles. The molecule has 0 bridgehead atoms. The first-order valence-corrected chi connectivity index (χ1v) is 4.82. The van der Waals surface area contributed by atoms with Gasteiger partial charge in [0.2, 0.25) is 0 Å². The summed E-state index contributed by atoms with van der Waals surface area (Å²) in [4.78, 5) is 4.34. The number of nitrogens with one attached hydrogen (secondary N) is 1. The van der Waals surface area contributed by atoms with Gasteiger partial charge in [0.15, 0.2) is 0 Å². The van der Waals surface area contributed by atoms with Crippen LogP contribution in [0.1, 0.15) is 32.6 Å². The summed E-state index contributed by atoms with van der Waals surface area (Å²) in [6.45, 7) is 4.09. The second-order valence-electron chi connectivity index (χ2n) is 3.07. The molecule has 0 aromatic carbocycles. The van der Waals surface area contributed by atoms with Gasteiger partial charge in [0, 0.05) is 13.0 Å². The molecule has 0 unspecified atom stereocenters. The largest absolute Gasteiger partial charge is 0.372 e. The maximum absolute atomic E-state index is 4.34. The maximum atomic E-state index is 4.34. The molecule has 0 aromatic heterocycles. The van der Waals surface area contributed by atoms with Gasteiger partial charge in [0.25, 0.3) is 0 Å². The van der Waals surface area contributed by atoms with Crippen molar-refractivity contribution in [3.8, 4) is 0 Å². The highest BCUT2D eigenvalue weighted by Gasteiger charge is 2.02. The molecule has 0 saturated heterocycles. The summed E-state index contributed by atoms with van der Waals surface area (Å²) in [6.07, 6.45) is 9.23. The van der Waals surface area contributed by atoms with Crippen molar-refractivity contribution >= 4 is 5.84 Å². The first-order valence-electron chi connectivity index (χ1n) is 4.82. The monoisotopic (exact) mass is 166 g/mol. The number of allylic oxidation sites excluding steroid dienone is 2. The SMILES string of the molecule is C/C=C/CCCCC1=NCCN1. The zero-order chi connectivity index (χ0) is 8.65. The van der Waals surface area contributed by atoms with Crippen molar-refractivity contribution in [3.63, 3.8) is 0 Å². The fourth-order valence-electron chi connectivity index (χ4n) is 1.34. The van der Waals surface area contributed by atoms with Gasteiger partial charge in [0.1, 0.15) is 0 Å². The van der Waals surface area contributed by atoms with E-state index in [9.17, 15) is 0 Å². The van der Waals surface area contributed by atoms with E-state index >= 15 is 0 Å². The summed E-state index contributed by atoms with van der Waals surface area (Å²) >= 11 is 0. The third-order valence-electron chi connectivity index (χ3n) is 2.01. The van der Waals surface area contributed by atoms with Crippen LogP contribution in [0.15, 0.2) is 17.1 Å². The predicted molar refractivity (Wildman–Crippen MR) is 53.6 cm³/mol. The topological polar surface area (TPSA) is 24.4 Å². The van der Waals surface area contributed by atoms with E-state index in [2.05, 4.69) is 29.4 Å². The number of rotatable bonds is 5. The molecular weight excluding hydrogens is 148 g/mol. The highest BCUT2D eigenvalue weighted by atomic mass is 15.1. The number of aliphatic imine (C=N–C) groups is 1. The summed E-state index contributed by atoms with van der Waals surface area (Å²) in [7, 11) is 0. The molecule has 12 heavy (non-hydrogen) atoms. The van der Waals surface area contributed by atoms with Crippen molar-refractivity contribution in [2.24, 2.45) is 4.99 Å². The highest BCUT2D eigenvalue weighted by Crippen LogP contribution is 2.02. The zero-order valence-electron chi connectivity index (χ0n) is 7.84. The summed E-state index contributed by atoms with van der Waals surface area (Å²) < 4.78 is 0. The van der Waals surface area contributed by atoms with Crippen molar-refractivity contribution in [2.75, 3.05) is 13.1 Å². The van der Waals surface area contributed by atoms with Crippen molar-refractivity contribution in [1.29, 1.82) is 0 Å². The Bertz CT molecular complexity index is 171. The fourth-order valence-corrected chi connectivity index (χ4v) is 1.34. The van der Waals surface area contributed by atoms with E-state index < -0.39 is 0 Å². The Morgan fingerprint density at radius 3 is 3.08 bits per heavy atom. The molecule has 0 saturated carbocycles. The van der Waals surface area contributed by atoms with E-state index in [1.807, 2.05) is 0 Å². The Hall–Kier alpha value is -0.790. The van der Waals surface area contributed by atoms with E-state index in [1.165, 1.54) is 25.1 Å². The maximum Gasteiger partial charge on any atom is 0.0964 e. The predicted octanol–water partition coefficient (Wildman–Crippen LogP) is 2.12. The molecular formula is C10H18N2. The standard InChI is InChI=1S/C10H18N2/c1-2-3-4-5-6-7-10-11-8-9-12-10/h2-3H,4-9H2,1H3,(H,11,12)/b3-2+. The highest BCUT2D eigenvalue weighted by molar-refractivity contribution is 5.83. The summed E-state index contributed by atoms with van der Waals surface area (Å²) in [5.41, 5.74) is 0. The molecule has 0 radical (unpaired) electrons. The Labute approximate surface area is 74.8 Å². The minimum Gasteiger partial charge on any atom is -0.372 e. The van der Waals surface area contributed by atoms with Gasteiger partial charge in [-0.2, -0.15) is 0 Å². The van der Waals surface area contributed by atoms with Gasteiger partial charge in [-0.1, -0.05) is 12.2 Å². The van der Waals surface area contributed by atoms with Crippen LogP contribution in [0.25, 0.3) is 0 Å². The molecule has 1 N–H and O–H groups in total. The van der Waals surface area contributed by atoms with Gasteiger partial charge in [-0.25, -0.2) is 0 Å². The normalized spacial score (nSPS) is 16.6. The third kappa shape index (κ3) is 3.56. The number of hydrogen-bond donors (Lipinski definition) is 1.